The fraction of sp³-hybridized carbons (Fsp3) is 0.556. The highest BCUT2D eigenvalue weighted by atomic mass is 32.1. The molecule has 2 rings (SSSR count). The van der Waals surface area contributed by atoms with Crippen LogP contribution in [0.15, 0.2) is 0 Å². The van der Waals surface area contributed by atoms with Gasteiger partial charge >= 0.3 is 5.97 Å². The normalized spacial score (nSPS) is 24.1. The van der Waals surface area contributed by atoms with Gasteiger partial charge in [-0.05, 0) is 11.5 Å². The Morgan fingerprint density at radius 3 is 2.65 bits per heavy atom. The minimum absolute atomic E-state index is 0.104. The van der Waals surface area contributed by atoms with E-state index >= 15 is 0 Å². The Morgan fingerprint density at radius 2 is 2.12 bits per heavy atom. The second kappa shape index (κ2) is 4.47. The van der Waals surface area contributed by atoms with Gasteiger partial charge in [0.2, 0.25) is 0 Å². The fourth-order valence-electron chi connectivity index (χ4n) is 1.74. The van der Waals surface area contributed by atoms with Gasteiger partial charge in [-0.3, -0.25) is 0 Å². The topological polar surface area (TPSA) is 109 Å². The zero-order valence-electron chi connectivity index (χ0n) is 9.16. The van der Waals surface area contributed by atoms with Gasteiger partial charge in [0.1, 0.15) is 10.6 Å². The highest BCUT2D eigenvalue weighted by molar-refractivity contribution is 7.11. The Labute approximate surface area is 102 Å². The molecule has 1 aromatic heterocycles. The van der Waals surface area contributed by atoms with Gasteiger partial charge in [0.25, 0.3) is 0 Å². The number of β-amino-alcohol motifs (C(OH)–C–C–N with tert-alkyl or cyclic N) is 2. The minimum atomic E-state index is -0.830. The number of methoxy groups -OCH3 is 1. The summed E-state index contributed by atoms with van der Waals surface area (Å²) in [5.74, 6) is -0.463. The van der Waals surface area contributed by atoms with E-state index in [-0.39, 0.29) is 24.5 Å². The molecule has 7 nitrogen and oxygen atoms in total. The van der Waals surface area contributed by atoms with Crippen LogP contribution >= 0.6 is 11.5 Å². The summed E-state index contributed by atoms with van der Waals surface area (Å²) in [4.78, 5) is 13.2. The Morgan fingerprint density at radius 1 is 1.53 bits per heavy atom. The van der Waals surface area contributed by atoms with Crippen LogP contribution in [0.4, 0.5) is 10.8 Å². The lowest BCUT2D eigenvalue weighted by Gasteiger charge is -2.15. The first-order valence-electron chi connectivity index (χ1n) is 4.99. The molecule has 0 radical (unpaired) electrons. The number of anilines is 2. The maximum atomic E-state index is 11.5. The molecule has 1 saturated heterocycles. The van der Waals surface area contributed by atoms with E-state index in [0.717, 1.165) is 11.5 Å². The lowest BCUT2D eigenvalue weighted by molar-refractivity contribution is 0.0572. The molecule has 0 amide bonds. The number of ether oxygens (including phenoxy) is 1. The van der Waals surface area contributed by atoms with Crippen molar-refractivity contribution in [3.63, 3.8) is 0 Å². The van der Waals surface area contributed by atoms with Crippen molar-refractivity contribution in [3.8, 4) is 0 Å². The Balaban J connectivity index is 2.31. The largest absolute Gasteiger partial charge is 0.465 e. The van der Waals surface area contributed by atoms with Crippen LogP contribution in [0.3, 0.4) is 0 Å². The van der Waals surface area contributed by atoms with E-state index in [1.54, 1.807) is 4.90 Å². The maximum absolute atomic E-state index is 11.5. The molecule has 1 aromatic rings. The highest BCUT2D eigenvalue weighted by Gasteiger charge is 2.34. The molecule has 94 valence electrons. The van der Waals surface area contributed by atoms with Gasteiger partial charge in [-0.2, -0.15) is 4.37 Å². The number of aromatic nitrogens is 1. The van der Waals surface area contributed by atoms with E-state index < -0.39 is 18.2 Å². The number of nitrogen functional groups attached to an aromatic ring is 1. The number of nitrogens with two attached hydrogens (primary N) is 1. The van der Waals surface area contributed by atoms with Crippen LogP contribution in [-0.4, -0.2) is 53.0 Å². The number of hydrogen-bond donors (Lipinski definition) is 3. The van der Waals surface area contributed by atoms with Crippen LogP contribution in [0.5, 0.6) is 0 Å². The molecule has 0 spiro atoms. The predicted octanol–water partition coefficient (Wildman–Crippen LogP) is -0.946. The number of carbonyl (C=O) groups is 1. The zero-order valence-corrected chi connectivity index (χ0v) is 9.98. The molecule has 0 bridgehead atoms. The van der Waals surface area contributed by atoms with Crippen LogP contribution in [0.2, 0.25) is 0 Å². The standard InChI is InChI=1S/C9H13N3O4S/c1-16-9(15)6-7(10)11-17-8(6)12-2-4(13)5(14)3-12/h4-5,13-14H,2-3H2,1H3,(H2,10,11). The Kier molecular flexibility index (Phi) is 3.18. The third-order valence-electron chi connectivity index (χ3n) is 2.64. The van der Waals surface area contributed by atoms with Crippen molar-refractivity contribution in [3.05, 3.63) is 5.56 Å². The van der Waals surface area contributed by atoms with Gasteiger partial charge in [0.15, 0.2) is 5.82 Å². The summed E-state index contributed by atoms with van der Waals surface area (Å²) in [7, 11) is 1.26. The van der Waals surface area contributed by atoms with E-state index in [4.69, 9.17) is 5.73 Å². The average molecular weight is 259 g/mol. The second-order valence-corrected chi connectivity index (χ2v) is 4.53. The first kappa shape index (κ1) is 12.1. The van der Waals surface area contributed by atoms with Gasteiger partial charge in [0.05, 0.1) is 19.3 Å². The summed E-state index contributed by atoms with van der Waals surface area (Å²) in [5.41, 5.74) is 5.79. The molecule has 1 aliphatic heterocycles. The quantitative estimate of drug-likeness (QED) is 0.588. The van der Waals surface area contributed by atoms with Crippen LogP contribution in [-0.2, 0) is 4.74 Å². The van der Waals surface area contributed by atoms with Gasteiger partial charge in [-0.15, -0.1) is 0 Å². The molecule has 2 atom stereocenters. The Bertz CT molecular complexity index is 426. The van der Waals surface area contributed by atoms with E-state index in [9.17, 15) is 15.0 Å². The molecule has 1 fully saturated rings. The monoisotopic (exact) mass is 259 g/mol. The summed E-state index contributed by atoms with van der Waals surface area (Å²) in [5, 5.41) is 19.5. The third kappa shape index (κ3) is 2.06. The first-order chi connectivity index (χ1) is 8.04. The number of hydrogen-bond acceptors (Lipinski definition) is 8. The number of rotatable bonds is 2. The number of aliphatic hydroxyl groups is 2. The molecule has 2 unspecified atom stereocenters. The van der Waals surface area contributed by atoms with Crippen LogP contribution in [0, 0.1) is 0 Å². The van der Waals surface area contributed by atoms with Crippen LogP contribution < -0.4 is 10.6 Å². The van der Waals surface area contributed by atoms with Crippen LogP contribution in [0.25, 0.3) is 0 Å². The molecule has 4 N–H and O–H groups in total. The summed E-state index contributed by atoms with van der Waals surface area (Å²) in [6, 6.07) is 0. The summed E-state index contributed by atoms with van der Waals surface area (Å²) in [6.07, 6.45) is -1.66. The zero-order chi connectivity index (χ0) is 12.6. The molecule has 17 heavy (non-hydrogen) atoms. The number of nitrogens with zero attached hydrogens (tertiary/aromatic N) is 2. The molecular formula is C9H13N3O4S. The predicted molar refractivity (Wildman–Crippen MR) is 62.1 cm³/mol. The van der Waals surface area contributed by atoms with Gasteiger partial charge in [0, 0.05) is 13.1 Å². The molecule has 2 heterocycles. The lowest BCUT2D eigenvalue weighted by Crippen LogP contribution is -2.22. The first-order valence-corrected chi connectivity index (χ1v) is 5.76. The highest BCUT2D eigenvalue weighted by Crippen LogP contribution is 2.33. The molecule has 8 heteroatoms. The van der Waals surface area contributed by atoms with Crippen molar-refractivity contribution in [1.82, 2.24) is 4.37 Å². The van der Waals surface area contributed by atoms with Gasteiger partial charge < -0.3 is 25.6 Å². The maximum Gasteiger partial charge on any atom is 0.344 e. The van der Waals surface area contributed by atoms with Crippen molar-refractivity contribution in [1.29, 1.82) is 0 Å². The summed E-state index contributed by atoms with van der Waals surface area (Å²) >= 11 is 1.05. The molecule has 1 aliphatic rings. The van der Waals surface area contributed by atoms with Crippen molar-refractivity contribution in [2.75, 3.05) is 30.8 Å². The lowest BCUT2D eigenvalue weighted by atomic mass is 10.3. The molecule has 0 aromatic carbocycles. The van der Waals surface area contributed by atoms with Gasteiger partial charge in [-0.25, -0.2) is 4.79 Å². The minimum Gasteiger partial charge on any atom is -0.465 e. The van der Waals surface area contributed by atoms with Gasteiger partial charge in [-0.1, -0.05) is 0 Å². The Hall–Kier alpha value is -1.38. The van der Waals surface area contributed by atoms with Crippen molar-refractivity contribution in [2.45, 2.75) is 12.2 Å². The van der Waals surface area contributed by atoms with E-state index in [2.05, 4.69) is 9.11 Å². The SMILES string of the molecule is COC(=O)c1c(N)nsc1N1CC(O)C(O)C1. The van der Waals surface area contributed by atoms with E-state index in [1.807, 2.05) is 0 Å². The van der Waals surface area contributed by atoms with Crippen molar-refractivity contribution < 1.29 is 19.7 Å². The fourth-order valence-corrected chi connectivity index (χ4v) is 2.56. The second-order valence-electron chi connectivity index (χ2n) is 3.78. The summed E-state index contributed by atoms with van der Waals surface area (Å²) in [6.45, 7) is 0.486. The molecule has 0 aliphatic carbocycles. The van der Waals surface area contributed by atoms with Crippen molar-refractivity contribution >= 4 is 28.3 Å². The molecular weight excluding hydrogens is 246 g/mol. The molecule has 0 saturated carbocycles. The van der Waals surface area contributed by atoms with Crippen molar-refractivity contribution in [2.24, 2.45) is 0 Å². The number of aliphatic hydroxyl groups excluding tert-OH is 2. The smallest absolute Gasteiger partial charge is 0.344 e. The van der Waals surface area contributed by atoms with E-state index in [0.29, 0.717) is 5.00 Å². The summed E-state index contributed by atoms with van der Waals surface area (Å²) < 4.78 is 8.52. The van der Waals surface area contributed by atoms with E-state index in [1.165, 1.54) is 7.11 Å². The van der Waals surface area contributed by atoms with Crippen LogP contribution in [0.1, 0.15) is 10.4 Å². The average Bonchev–Trinajstić information content (AvgIpc) is 2.82. The number of carbonyl (C=O) groups excluding carboxylic acids is 1. The third-order valence-corrected chi connectivity index (χ3v) is 3.56. The number of esters is 1.